The largest absolute Gasteiger partial charge is 0.378 e. The van der Waals surface area contributed by atoms with Gasteiger partial charge in [-0.3, -0.25) is 4.79 Å². The van der Waals surface area contributed by atoms with Gasteiger partial charge in [0.1, 0.15) is 6.67 Å². The summed E-state index contributed by atoms with van der Waals surface area (Å²) in [5.74, 6) is 0.0760. The van der Waals surface area contributed by atoms with Crippen LogP contribution in [0.3, 0.4) is 0 Å². The number of halogens is 1. The van der Waals surface area contributed by atoms with Crippen molar-refractivity contribution in [2.75, 3.05) is 19.8 Å². The number of hydrogen-bond acceptors (Lipinski definition) is 2. The van der Waals surface area contributed by atoms with E-state index in [-0.39, 0.29) is 18.1 Å². The molecule has 2 fully saturated rings. The molecule has 0 aromatic heterocycles. The number of nitrogens with zero attached hydrogens (tertiary/aromatic N) is 1. The molecule has 0 aromatic carbocycles. The van der Waals surface area contributed by atoms with E-state index in [9.17, 15) is 9.18 Å². The van der Waals surface area contributed by atoms with Crippen molar-refractivity contribution < 1.29 is 13.9 Å². The van der Waals surface area contributed by atoms with Crippen molar-refractivity contribution in [3.05, 3.63) is 0 Å². The first kappa shape index (κ1) is 11.8. The Kier molecular flexibility index (Phi) is 4.16. The van der Waals surface area contributed by atoms with E-state index in [1.54, 1.807) is 4.90 Å². The highest BCUT2D eigenvalue weighted by atomic mass is 19.1. The number of alkyl halides is 1. The molecule has 3 nitrogen and oxygen atoms in total. The maximum absolute atomic E-state index is 12.7. The fraction of sp³-hybridized carbons (Fsp3) is 0.917. The van der Waals surface area contributed by atoms with Crippen molar-refractivity contribution in [3.8, 4) is 0 Å². The minimum absolute atomic E-state index is 0.0714. The molecule has 2 aliphatic rings. The molecule has 4 heteroatoms. The van der Waals surface area contributed by atoms with Crippen LogP contribution < -0.4 is 0 Å². The van der Waals surface area contributed by atoms with Crippen LogP contribution in [0, 0.1) is 0 Å². The van der Waals surface area contributed by atoms with E-state index < -0.39 is 6.67 Å². The van der Waals surface area contributed by atoms with E-state index >= 15 is 0 Å². The lowest BCUT2D eigenvalue weighted by Crippen LogP contribution is -2.39. The number of rotatable bonds is 3. The molecule has 2 aliphatic heterocycles. The standard InChI is InChI=1S/C12H20FNO2/c13-9-10-4-3-6-14(10)12(15)8-11-5-1-2-7-16-11/h10-11H,1-9H2/t10-,11+/m1/s1. The number of likely N-dealkylation sites (tertiary alicyclic amines) is 1. The summed E-state index contributed by atoms with van der Waals surface area (Å²) in [6.07, 6.45) is 5.48. The average Bonchev–Trinajstić information content (AvgIpc) is 2.78. The Bertz CT molecular complexity index is 241. The van der Waals surface area contributed by atoms with Crippen molar-refractivity contribution in [2.45, 2.75) is 50.7 Å². The van der Waals surface area contributed by atoms with Gasteiger partial charge in [0, 0.05) is 13.2 Å². The Balaban J connectivity index is 1.82. The summed E-state index contributed by atoms with van der Waals surface area (Å²) in [7, 11) is 0. The first-order valence-electron chi connectivity index (χ1n) is 6.28. The average molecular weight is 229 g/mol. The van der Waals surface area contributed by atoms with Crippen LogP contribution in [0.5, 0.6) is 0 Å². The Morgan fingerprint density at radius 3 is 2.88 bits per heavy atom. The molecule has 92 valence electrons. The zero-order valence-corrected chi connectivity index (χ0v) is 9.66. The number of hydrogen-bond donors (Lipinski definition) is 0. The van der Waals surface area contributed by atoms with Crippen molar-refractivity contribution in [2.24, 2.45) is 0 Å². The minimum atomic E-state index is -0.405. The van der Waals surface area contributed by atoms with Crippen LogP contribution in [0.4, 0.5) is 4.39 Å². The summed E-state index contributed by atoms with van der Waals surface area (Å²) in [6.45, 7) is 1.09. The Morgan fingerprint density at radius 1 is 1.31 bits per heavy atom. The highest BCUT2D eigenvalue weighted by molar-refractivity contribution is 5.77. The maximum Gasteiger partial charge on any atom is 0.225 e. The van der Waals surface area contributed by atoms with Gasteiger partial charge in [-0.05, 0) is 32.1 Å². The lowest BCUT2D eigenvalue weighted by Gasteiger charge is -2.27. The van der Waals surface area contributed by atoms with Crippen LogP contribution in [0.2, 0.25) is 0 Å². The van der Waals surface area contributed by atoms with Gasteiger partial charge in [-0.1, -0.05) is 0 Å². The SMILES string of the molecule is O=C(C[C@@H]1CCCCO1)N1CCC[C@@H]1CF. The maximum atomic E-state index is 12.7. The molecule has 16 heavy (non-hydrogen) atoms. The number of ether oxygens (including phenoxy) is 1. The van der Waals surface area contributed by atoms with Gasteiger partial charge >= 0.3 is 0 Å². The molecule has 0 unspecified atom stereocenters. The van der Waals surface area contributed by atoms with Crippen molar-refractivity contribution in [1.29, 1.82) is 0 Å². The lowest BCUT2D eigenvalue weighted by molar-refractivity contribution is -0.136. The molecular weight excluding hydrogens is 209 g/mol. The summed E-state index contributed by atoms with van der Waals surface area (Å²) in [5, 5.41) is 0. The molecule has 2 heterocycles. The predicted octanol–water partition coefficient (Wildman–Crippen LogP) is 1.91. The highest BCUT2D eigenvalue weighted by Crippen LogP contribution is 2.22. The van der Waals surface area contributed by atoms with Crippen LogP contribution in [-0.2, 0) is 9.53 Å². The van der Waals surface area contributed by atoms with Crippen molar-refractivity contribution in [3.63, 3.8) is 0 Å². The van der Waals surface area contributed by atoms with Gasteiger partial charge in [0.25, 0.3) is 0 Å². The zero-order chi connectivity index (χ0) is 11.4. The molecule has 0 aromatic rings. The van der Waals surface area contributed by atoms with Crippen LogP contribution in [0.25, 0.3) is 0 Å². The Labute approximate surface area is 95.9 Å². The fourth-order valence-electron chi connectivity index (χ4n) is 2.60. The third-order valence-electron chi connectivity index (χ3n) is 3.55. The summed E-state index contributed by atoms with van der Waals surface area (Å²) in [4.78, 5) is 13.7. The number of carbonyl (C=O) groups is 1. The van der Waals surface area contributed by atoms with Gasteiger partial charge < -0.3 is 9.64 Å². The quantitative estimate of drug-likeness (QED) is 0.739. The fourth-order valence-corrected chi connectivity index (χ4v) is 2.60. The number of carbonyl (C=O) groups excluding carboxylic acids is 1. The third-order valence-corrected chi connectivity index (χ3v) is 3.55. The molecule has 0 saturated carbocycles. The van der Waals surface area contributed by atoms with E-state index in [1.165, 1.54) is 0 Å². The molecule has 0 spiro atoms. The van der Waals surface area contributed by atoms with Gasteiger partial charge in [-0.15, -0.1) is 0 Å². The van der Waals surface area contributed by atoms with Gasteiger partial charge in [0.2, 0.25) is 5.91 Å². The van der Waals surface area contributed by atoms with Crippen LogP contribution >= 0.6 is 0 Å². The lowest BCUT2D eigenvalue weighted by atomic mass is 10.1. The van der Waals surface area contributed by atoms with Gasteiger partial charge in [-0.2, -0.15) is 0 Å². The Morgan fingerprint density at radius 2 is 2.19 bits per heavy atom. The molecule has 2 saturated heterocycles. The first-order chi connectivity index (χ1) is 7.81. The van der Waals surface area contributed by atoms with Crippen molar-refractivity contribution >= 4 is 5.91 Å². The van der Waals surface area contributed by atoms with E-state index in [4.69, 9.17) is 4.74 Å². The van der Waals surface area contributed by atoms with E-state index in [2.05, 4.69) is 0 Å². The van der Waals surface area contributed by atoms with E-state index in [0.717, 1.165) is 45.3 Å². The van der Waals surface area contributed by atoms with Crippen LogP contribution in [0.15, 0.2) is 0 Å². The molecule has 0 radical (unpaired) electrons. The first-order valence-corrected chi connectivity index (χ1v) is 6.28. The van der Waals surface area contributed by atoms with Crippen molar-refractivity contribution in [1.82, 2.24) is 4.90 Å². The smallest absolute Gasteiger partial charge is 0.225 e. The second-order valence-electron chi connectivity index (χ2n) is 4.73. The molecule has 2 rings (SSSR count). The summed E-state index contributed by atoms with van der Waals surface area (Å²) < 4.78 is 18.2. The topological polar surface area (TPSA) is 29.5 Å². The zero-order valence-electron chi connectivity index (χ0n) is 9.66. The highest BCUT2D eigenvalue weighted by Gasteiger charge is 2.30. The number of amides is 1. The molecule has 1 amide bonds. The second kappa shape index (κ2) is 5.62. The van der Waals surface area contributed by atoms with E-state index in [1.807, 2.05) is 0 Å². The van der Waals surface area contributed by atoms with Gasteiger partial charge in [0.15, 0.2) is 0 Å². The predicted molar refractivity (Wildman–Crippen MR) is 58.9 cm³/mol. The third kappa shape index (κ3) is 2.73. The molecule has 0 bridgehead atoms. The molecule has 2 atom stereocenters. The molecule has 0 N–H and O–H groups in total. The van der Waals surface area contributed by atoms with E-state index in [0.29, 0.717) is 6.42 Å². The molecule has 0 aliphatic carbocycles. The minimum Gasteiger partial charge on any atom is -0.378 e. The normalized spacial score (nSPS) is 30.7. The monoisotopic (exact) mass is 229 g/mol. The Hall–Kier alpha value is -0.640. The van der Waals surface area contributed by atoms with Gasteiger partial charge in [0.05, 0.1) is 18.6 Å². The summed E-state index contributed by atoms with van der Waals surface area (Å²) in [6, 6.07) is -0.170. The summed E-state index contributed by atoms with van der Waals surface area (Å²) >= 11 is 0. The summed E-state index contributed by atoms with van der Waals surface area (Å²) in [5.41, 5.74) is 0. The van der Waals surface area contributed by atoms with Crippen LogP contribution in [0.1, 0.15) is 38.5 Å². The second-order valence-corrected chi connectivity index (χ2v) is 4.73. The van der Waals surface area contributed by atoms with Crippen LogP contribution in [-0.4, -0.2) is 42.8 Å². The molecular formula is C12H20FNO2. The van der Waals surface area contributed by atoms with Gasteiger partial charge in [-0.25, -0.2) is 4.39 Å².